The van der Waals surface area contributed by atoms with E-state index in [0.717, 1.165) is 10.6 Å². The third kappa shape index (κ3) is 2.44. The Morgan fingerprint density at radius 1 is 1.35 bits per heavy atom. The van der Waals surface area contributed by atoms with Gasteiger partial charge in [0.05, 0.1) is 7.11 Å². The minimum Gasteiger partial charge on any atom is -0.485 e. The smallest absolute Gasteiger partial charge is 0.238 e. The van der Waals surface area contributed by atoms with Crippen LogP contribution in [-0.4, -0.2) is 34.0 Å². The van der Waals surface area contributed by atoms with Crippen molar-refractivity contribution in [3.8, 4) is 11.6 Å². The monoisotopic (exact) mass is 290 g/mol. The predicted molar refractivity (Wildman–Crippen MR) is 75.1 cm³/mol. The largest absolute Gasteiger partial charge is 0.485 e. The van der Waals surface area contributed by atoms with Crippen molar-refractivity contribution in [3.63, 3.8) is 0 Å². The van der Waals surface area contributed by atoms with Gasteiger partial charge in [0.15, 0.2) is 0 Å². The van der Waals surface area contributed by atoms with E-state index < -0.39 is 6.10 Å². The molecule has 0 aliphatic carbocycles. The molecule has 6 heteroatoms. The maximum atomic E-state index is 10.5. The van der Waals surface area contributed by atoms with E-state index in [0.29, 0.717) is 17.3 Å². The Labute approximate surface area is 121 Å². The lowest BCUT2D eigenvalue weighted by atomic mass is 10.1. The molecule has 1 N–H and O–H groups in total. The average Bonchev–Trinajstić information content (AvgIpc) is 2.53. The van der Waals surface area contributed by atoms with Gasteiger partial charge in [-0.15, -0.1) is 11.8 Å². The first-order chi connectivity index (χ1) is 9.79. The highest BCUT2D eigenvalue weighted by Crippen LogP contribution is 2.38. The number of thioether (sulfide) groups is 1. The summed E-state index contributed by atoms with van der Waals surface area (Å²) in [6, 6.07) is 7.79. The normalized spacial score (nSPS) is 18.8. The summed E-state index contributed by atoms with van der Waals surface area (Å²) in [5, 5.41) is 10.5. The Kier molecular flexibility index (Phi) is 3.75. The number of para-hydroxylation sites is 1. The Hall–Kier alpha value is -1.79. The first-order valence-corrected chi connectivity index (χ1v) is 7.19. The molecule has 1 aliphatic heterocycles. The number of nitrogens with zero attached hydrogens (tertiary/aromatic N) is 2. The van der Waals surface area contributed by atoms with Crippen LogP contribution in [0.4, 0.5) is 0 Å². The molecule has 3 rings (SSSR count). The van der Waals surface area contributed by atoms with Crippen LogP contribution in [0.25, 0.3) is 0 Å². The van der Waals surface area contributed by atoms with Gasteiger partial charge in [0.25, 0.3) is 0 Å². The van der Waals surface area contributed by atoms with E-state index in [1.54, 1.807) is 11.8 Å². The van der Waals surface area contributed by atoms with Crippen LogP contribution in [0, 0.1) is 0 Å². The number of hydrogen-bond donors (Lipinski definition) is 1. The van der Waals surface area contributed by atoms with Crippen LogP contribution in [0.3, 0.4) is 0 Å². The molecule has 0 spiro atoms. The number of methoxy groups -OCH3 is 1. The molecule has 2 atom stereocenters. The number of ether oxygens (including phenoxy) is 2. The van der Waals surface area contributed by atoms with Crippen LogP contribution < -0.4 is 9.47 Å². The molecule has 104 valence electrons. The predicted octanol–water partition coefficient (Wildman–Crippen LogP) is 2.07. The molecule has 0 fully saturated rings. The van der Waals surface area contributed by atoms with Gasteiger partial charge in [0.2, 0.25) is 5.88 Å². The van der Waals surface area contributed by atoms with Gasteiger partial charge < -0.3 is 14.6 Å². The van der Waals surface area contributed by atoms with Crippen molar-refractivity contribution in [1.29, 1.82) is 0 Å². The summed E-state index contributed by atoms with van der Waals surface area (Å²) in [5.41, 5.74) is 0.403. The van der Waals surface area contributed by atoms with E-state index in [1.165, 1.54) is 19.5 Å². The number of fused-ring (bicyclic) bond motifs is 1. The highest BCUT2D eigenvalue weighted by Gasteiger charge is 2.31. The first-order valence-electron chi connectivity index (χ1n) is 6.21. The number of aliphatic hydroxyl groups excluding tert-OH is 1. The second-order valence-corrected chi connectivity index (χ2v) is 5.37. The fourth-order valence-corrected chi connectivity index (χ4v) is 3.09. The zero-order valence-electron chi connectivity index (χ0n) is 10.9. The SMILES string of the molecule is COc1nccnc1C(O)C1CSc2ccccc2O1. The molecule has 1 aromatic heterocycles. The van der Waals surface area contributed by atoms with Crippen LogP contribution >= 0.6 is 11.8 Å². The van der Waals surface area contributed by atoms with Crippen LogP contribution in [0.1, 0.15) is 11.8 Å². The summed E-state index contributed by atoms with van der Waals surface area (Å²) in [6.07, 6.45) is 1.81. The summed E-state index contributed by atoms with van der Waals surface area (Å²) in [7, 11) is 1.51. The van der Waals surface area contributed by atoms with Gasteiger partial charge in [-0.2, -0.15) is 0 Å². The third-order valence-electron chi connectivity index (χ3n) is 3.05. The van der Waals surface area contributed by atoms with Crippen molar-refractivity contribution in [3.05, 3.63) is 42.4 Å². The lowest BCUT2D eigenvalue weighted by Gasteiger charge is -2.28. The van der Waals surface area contributed by atoms with E-state index in [2.05, 4.69) is 9.97 Å². The molecular formula is C14H14N2O3S. The molecule has 0 amide bonds. The maximum absolute atomic E-state index is 10.5. The van der Waals surface area contributed by atoms with Gasteiger partial charge in [-0.1, -0.05) is 12.1 Å². The molecule has 2 heterocycles. The molecule has 0 bridgehead atoms. The minimum atomic E-state index is -0.875. The van der Waals surface area contributed by atoms with Gasteiger partial charge in [0, 0.05) is 23.0 Å². The minimum absolute atomic E-state index is 0.326. The molecule has 0 saturated carbocycles. The molecule has 20 heavy (non-hydrogen) atoms. The first kappa shape index (κ1) is 13.2. The Bertz CT molecular complexity index is 608. The highest BCUT2D eigenvalue weighted by molar-refractivity contribution is 7.99. The second kappa shape index (κ2) is 5.68. The van der Waals surface area contributed by atoms with Crippen LogP contribution in [0.2, 0.25) is 0 Å². The van der Waals surface area contributed by atoms with Crippen molar-refractivity contribution < 1.29 is 14.6 Å². The molecule has 2 unspecified atom stereocenters. The zero-order valence-corrected chi connectivity index (χ0v) is 11.7. The van der Waals surface area contributed by atoms with Crippen molar-refractivity contribution in [1.82, 2.24) is 9.97 Å². The van der Waals surface area contributed by atoms with Gasteiger partial charge in [-0.05, 0) is 12.1 Å². The Balaban J connectivity index is 1.84. The summed E-state index contributed by atoms with van der Waals surface area (Å²) in [5.74, 6) is 1.76. The number of benzene rings is 1. The molecule has 1 aromatic carbocycles. The number of hydrogen-bond acceptors (Lipinski definition) is 6. The van der Waals surface area contributed by atoms with Crippen molar-refractivity contribution in [2.24, 2.45) is 0 Å². The topological polar surface area (TPSA) is 64.5 Å². The Morgan fingerprint density at radius 3 is 3.00 bits per heavy atom. The average molecular weight is 290 g/mol. The summed E-state index contributed by atoms with van der Waals surface area (Å²) >= 11 is 1.66. The van der Waals surface area contributed by atoms with E-state index >= 15 is 0 Å². The standard InChI is InChI=1S/C14H14N2O3S/c1-18-14-12(15-6-7-16-14)13(17)10-8-20-11-5-3-2-4-9(11)19-10/h2-7,10,13,17H,8H2,1H3. The molecule has 5 nitrogen and oxygen atoms in total. The maximum Gasteiger partial charge on any atom is 0.238 e. The lowest BCUT2D eigenvalue weighted by Crippen LogP contribution is -2.31. The zero-order chi connectivity index (χ0) is 13.9. The van der Waals surface area contributed by atoms with Crippen molar-refractivity contribution >= 4 is 11.8 Å². The van der Waals surface area contributed by atoms with Crippen molar-refractivity contribution in [2.75, 3.05) is 12.9 Å². The highest BCUT2D eigenvalue weighted by atomic mass is 32.2. The molecular weight excluding hydrogens is 276 g/mol. The fraction of sp³-hybridized carbons (Fsp3) is 0.286. The quantitative estimate of drug-likeness (QED) is 0.933. The van der Waals surface area contributed by atoms with E-state index in [9.17, 15) is 5.11 Å². The van der Waals surface area contributed by atoms with Gasteiger partial charge in [0.1, 0.15) is 23.7 Å². The van der Waals surface area contributed by atoms with Crippen molar-refractivity contribution in [2.45, 2.75) is 17.1 Å². The molecule has 0 saturated heterocycles. The second-order valence-electron chi connectivity index (χ2n) is 4.31. The summed E-state index contributed by atoms with van der Waals surface area (Å²) < 4.78 is 11.0. The van der Waals surface area contributed by atoms with Gasteiger partial charge in [-0.25, -0.2) is 4.98 Å². The number of aromatic nitrogens is 2. The van der Waals surface area contributed by atoms with Gasteiger partial charge >= 0.3 is 0 Å². The van der Waals surface area contributed by atoms with E-state index in [-0.39, 0.29) is 6.10 Å². The number of aliphatic hydroxyl groups is 1. The van der Waals surface area contributed by atoms with Gasteiger partial charge in [-0.3, -0.25) is 4.98 Å². The summed E-state index contributed by atoms with van der Waals surface area (Å²) in [4.78, 5) is 9.29. The molecule has 2 aromatic rings. The van der Waals surface area contributed by atoms with Crippen LogP contribution in [-0.2, 0) is 0 Å². The Morgan fingerprint density at radius 2 is 2.15 bits per heavy atom. The van der Waals surface area contributed by atoms with E-state index in [1.807, 2.05) is 24.3 Å². The third-order valence-corrected chi connectivity index (χ3v) is 4.19. The van der Waals surface area contributed by atoms with Crippen LogP contribution in [0.5, 0.6) is 11.6 Å². The van der Waals surface area contributed by atoms with E-state index in [4.69, 9.17) is 9.47 Å². The summed E-state index contributed by atoms with van der Waals surface area (Å²) in [6.45, 7) is 0. The van der Waals surface area contributed by atoms with Crippen LogP contribution in [0.15, 0.2) is 41.6 Å². The number of rotatable bonds is 3. The molecule has 1 aliphatic rings. The lowest BCUT2D eigenvalue weighted by molar-refractivity contribution is 0.0406. The molecule has 0 radical (unpaired) electrons. The fourth-order valence-electron chi connectivity index (χ4n) is 2.06.